The Kier molecular flexibility index (Phi) is 4.10. The fourth-order valence-corrected chi connectivity index (χ4v) is 2.47. The molecule has 5 nitrogen and oxygen atoms in total. The van der Waals surface area contributed by atoms with E-state index in [2.05, 4.69) is 23.9 Å². The fraction of sp³-hybridized carbons (Fsp3) is 0.278. The molecule has 0 N–H and O–H groups in total. The molecule has 0 atom stereocenters. The zero-order valence-electron chi connectivity index (χ0n) is 13.5. The van der Waals surface area contributed by atoms with Crippen LogP contribution in [-0.2, 0) is 4.74 Å². The zero-order valence-corrected chi connectivity index (χ0v) is 13.5. The van der Waals surface area contributed by atoms with Crippen LogP contribution in [0.2, 0.25) is 0 Å². The minimum atomic E-state index is -0.403. The lowest BCUT2D eigenvalue weighted by Crippen LogP contribution is -2.11. The van der Waals surface area contributed by atoms with Crippen LogP contribution in [-0.4, -0.2) is 27.2 Å². The molecule has 0 radical (unpaired) electrons. The number of esters is 1. The number of benzene rings is 1. The number of aromatic nitrogens is 3. The van der Waals surface area contributed by atoms with Gasteiger partial charge in [-0.1, -0.05) is 44.2 Å². The maximum Gasteiger partial charge on any atom is 0.357 e. The summed E-state index contributed by atoms with van der Waals surface area (Å²) in [6.07, 6.45) is 0. The van der Waals surface area contributed by atoms with Gasteiger partial charge in [-0.05, 0) is 18.9 Å². The van der Waals surface area contributed by atoms with Crippen LogP contribution in [0.15, 0.2) is 42.5 Å². The van der Waals surface area contributed by atoms with E-state index < -0.39 is 5.97 Å². The van der Waals surface area contributed by atoms with E-state index in [1.165, 1.54) is 0 Å². The lowest BCUT2D eigenvalue weighted by Gasteiger charge is -2.10. The van der Waals surface area contributed by atoms with Gasteiger partial charge in [0.05, 0.1) is 12.3 Å². The van der Waals surface area contributed by atoms with E-state index in [9.17, 15) is 4.79 Å². The maximum absolute atomic E-state index is 12.0. The van der Waals surface area contributed by atoms with Crippen molar-refractivity contribution in [2.45, 2.75) is 26.7 Å². The van der Waals surface area contributed by atoms with Crippen LogP contribution < -0.4 is 0 Å². The van der Waals surface area contributed by atoms with Crippen LogP contribution in [0.1, 0.15) is 42.9 Å². The van der Waals surface area contributed by atoms with E-state index in [-0.39, 0.29) is 5.92 Å². The van der Waals surface area contributed by atoms with Gasteiger partial charge in [0.2, 0.25) is 0 Å². The Balaban J connectivity index is 2.16. The molecule has 0 aliphatic carbocycles. The second-order valence-electron chi connectivity index (χ2n) is 5.61. The highest BCUT2D eigenvalue weighted by atomic mass is 16.5. The van der Waals surface area contributed by atoms with Crippen LogP contribution in [0.25, 0.3) is 16.9 Å². The van der Waals surface area contributed by atoms with Crippen molar-refractivity contribution < 1.29 is 9.53 Å². The summed E-state index contributed by atoms with van der Waals surface area (Å²) in [6, 6.07) is 13.6. The number of carbonyl (C=O) groups is 1. The predicted octanol–water partition coefficient (Wildman–Crippen LogP) is 3.70. The molecule has 0 bridgehead atoms. The topological polar surface area (TPSA) is 56.5 Å². The molecule has 0 aliphatic heterocycles. The second-order valence-corrected chi connectivity index (χ2v) is 5.61. The number of nitrogens with zero attached hydrogens (tertiary/aromatic N) is 3. The highest BCUT2D eigenvalue weighted by molar-refractivity contribution is 5.88. The summed E-state index contributed by atoms with van der Waals surface area (Å²) >= 11 is 0. The first-order valence-corrected chi connectivity index (χ1v) is 7.73. The van der Waals surface area contributed by atoms with Crippen molar-refractivity contribution in [2.24, 2.45) is 0 Å². The molecular formula is C18H19N3O2. The summed E-state index contributed by atoms with van der Waals surface area (Å²) in [6.45, 7) is 6.24. The Morgan fingerprint density at radius 1 is 1.22 bits per heavy atom. The van der Waals surface area contributed by atoms with Crippen LogP contribution in [0.4, 0.5) is 0 Å². The molecule has 3 rings (SSSR count). The van der Waals surface area contributed by atoms with Crippen molar-refractivity contribution in [3.63, 3.8) is 0 Å². The van der Waals surface area contributed by atoms with Crippen molar-refractivity contribution in [1.29, 1.82) is 0 Å². The van der Waals surface area contributed by atoms with E-state index in [0.29, 0.717) is 17.9 Å². The molecule has 0 aliphatic rings. The summed E-state index contributed by atoms with van der Waals surface area (Å²) in [4.78, 5) is 16.4. The van der Waals surface area contributed by atoms with Gasteiger partial charge in [-0.2, -0.15) is 5.10 Å². The minimum Gasteiger partial charge on any atom is -0.461 e. The summed E-state index contributed by atoms with van der Waals surface area (Å²) in [5.74, 6) is -0.198. The summed E-state index contributed by atoms with van der Waals surface area (Å²) in [5, 5.41) is 4.65. The Morgan fingerprint density at radius 2 is 1.96 bits per heavy atom. The monoisotopic (exact) mass is 309 g/mol. The van der Waals surface area contributed by atoms with Gasteiger partial charge in [-0.25, -0.2) is 14.3 Å². The molecule has 23 heavy (non-hydrogen) atoms. The maximum atomic E-state index is 12.0. The lowest BCUT2D eigenvalue weighted by molar-refractivity contribution is 0.0519. The van der Waals surface area contributed by atoms with Crippen molar-refractivity contribution in [3.8, 4) is 11.3 Å². The second kappa shape index (κ2) is 6.20. The average molecular weight is 309 g/mol. The molecule has 0 spiro atoms. The first-order valence-electron chi connectivity index (χ1n) is 7.73. The van der Waals surface area contributed by atoms with Gasteiger partial charge in [0.15, 0.2) is 11.3 Å². The summed E-state index contributed by atoms with van der Waals surface area (Å²) in [7, 11) is 0. The predicted molar refractivity (Wildman–Crippen MR) is 88.5 cm³/mol. The van der Waals surface area contributed by atoms with Crippen molar-refractivity contribution in [3.05, 3.63) is 53.9 Å². The van der Waals surface area contributed by atoms with Gasteiger partial charge in [-0.3, -0.25) is 0 Å². The quantitative estimate of drug-likeness (QED) is 0.690. The first kappa shape index (κ1) is 15.2. The average Bonchev–Trinajstić information content (AvgIpc) is 2.98. The number of hydrogen-bond donors (Lipinski definition) is 0. The molecule has 118 valence electrons. The highest BCUT2D eigenvalue weighted by Gasteiger charge is 2.17. The lowest BCUT2D eigenvalue weighted by atomic mass is 10.1. The Labute approximate surface area is 134 Å². The van der Waals surface area contributed by atoms with E-state index >= 15 is 0 Å². The van der Waals surface area contributed by atoms with Gasteiger partial charge < -0.3 is 4.74 Å². The fourth-order valence-electron chi connectivity index (χ4n) is 2.47. The Bertz CT molecular complexity index is 838. The van der Waals surface area contributed by atoms with Crippen molar-refractivity contribution >= 4 is 11.6 Å². The number of ether oxygens (including phenoxy) is 1. The normalized spacial score (nSPS) is 11.1. The summed E-state index contributed by atoms with van der Waals surface area (Å²) in [5.41, 5.74) is 3.76. The van der Waals surface area contributed by atoms with Crippen molar-refractivity contribution in [1.82, 2.24) is 14.6 Å². The molecule has 3 aromatic rings. The van der Waals surface area contributed by atoms with E-state index in [4.69, 9.17) is 4.74 Å². The molecule has 5 heteroatoms. The smallest absolute Gasteiger partial charge is 0.357 e. The Morgan fingerprint density at radius 3 is 2.61 bits per heavy atom. The van der Waals surface area contributed by atoms with Gasteiger partial charge in [0.25, 0.3) is 0 Å². The Hall–Kier alpha value is -2.69. The molecule has 2 aromatic heterocycles. The molecular weight excluding hydrogens is 290 g/mol. The van der Waals surface area contributed by atoms with Gasteiger partial charge in [-0.15, -0.1) is 0 Å². The van der Waals surface area contributed by atoms with Gasteiger partial charge in [0.1, 0.15) is 0 Å². The molecule has 2 heterocycles. The number of carbonyl (C=O) groups excluding carboxylic acids is 1. The molecule has 0 saturated heterocycles. The largest absolute Gasteiger partial charge is 0.461 e. The van der Waals surface area contributed by atoms with Crippen LogP contribution in [0.3, 0.4) is 0 Å². The SMILES string of the molecule is CCOC(=O)c1cc(C(C)C)n2nc(-c3ccccc3)cc2n1. The standard InChI is InChI=1S/C18H19N3O2/c1-4-23-18(22)15-10-16(12(2)3)21-17(19-15)11-14(20-21)13-8-6-5-7-9-13/h5-12H,4H2,1-3H3. The van der Waals surface area contributed by atoms with Crippen LogP contribution >= 0.6 is 0 Å². The third-order valence-electron chi connectivity index (χ3n) is 3.60. The summed E-state index contributed by atoms with van der Waals surface area (Å²) < 4.78 is 6.87. The first-order chi connectivity index (χ1) is 11.1. The molecule has 1 aromatic carbocycles. The third-order valence-corrected chi connectivity index (χ3v) is 3.60. The molecule has 0 fully saturated rings. The molecule has 0 unspecified atom stereocenters. The van der Waals surface area contributed by atoms with Crippen LogP contribution in [0, 0.1) is 0 Å². The van der Waals surface area contributed by atoms with Gasteiger partial charge >= 0.3 is 5.97 Å². The van der Waals surface area contributed by atoms with Crippen LogP contribution in [0.5, 0.6) is 0 Å². The number of rotatable bonds is 4. The van der Waals surface area contributed by atoms with Gasteiger partial charge in [0, 0.05) is 17.3 Å². The minimum absolute atomic E-state index is 0.206. The number of hydrogen-bond acceptors (Lipinski definition) is 4. The van der Waals surface area contributed by atoms with Crippen molar-refractivity contribution in [2.75, 3.05) is 6.61 Å². The van der Waals surface area contributed by atoms with E-state index in [0.717, 1.165) is 17.0 Å². The highest BCUT2D eigenvalue weighted by Crippen LogP contribution is 2.23. The molecule has 0 saturated carbocycles. The zero-order chi connectivity index (χ0) is 16.4. The number of fused-ring (bicyclic) bond motifs is 1. The molecule has 0 amide bonds. The third kappa shape index (κ3) is 2.95. The van der Waals surface area contributed by atoms with E-state index in [1.54, 1.807) is 17.5 Å². The van der Waals surface area contributed by atoms with E-state index in [1.807, 2.05) is 36.4 Å².